The highest BCUT2D eigenvalue weighted by Gasteiger charge is 2.23. The van der Waals surface area contributed by atoms with Crippen LogP contribution in [-0.4, -0.2) is 61.4 Å². The number of rotatable bonds is 9. The van der Waals surface area contributed by atoms with Crippen LogP contribution in [0, 0.1) is 0 Å². The van der Waals surface area contributed by atoms with Crippen LogP contribution >= 0.6 is 7.82 Å². The zero-order chi connectivity index (χ0) is 16.9. The van der Waals surface area contributed by atoms with Gasteiger partial charge in [-0.1, -0.05) is 24.6 Å². The van der Waals surface area contributed by atoms with Gasteiger partial charge in [-0.15, -0.1) is 0 Å². The normalized spacial score (nSPS) is 13.6. The third kappa shape index (κ3) is 19.2. The van der Waals surface area contributed by atoms with Crippen molar-refractivity contribution < 1.29 is 37.9 Å². The monoisotopic (exact) mass is 328 g/mol. The van der Waals surface area contributed by atoms with Gasteiger partial charge in [0.2, 0.25) is 0 Å². The van der Waals surface area contributed by atoms with Crippen LogP contribution in [0.1, 0.15) is 19.8 Å². The Morgan fingerprint density at radius 2 is 1.95 bits per heavy atom. The number of quaternary nitrogens is 1. The first-order valence-corrected chi connectivity index (χ1v) is 7.98. The van der Waals surface area contributed by atoms with Gasteiger partial charge in [-0.25, -0.2) is 9.36 Å². The van der Waals surface area contributed by atoms with Crippen molar-refractivity contribution in [3.8, 4) is 0 Å². The molecule has 0 saturated heterocycles. The minimum absolute atomic E-state index is 0.0654. The summed E-state index contributed by atoms with van der Waals surface area (Å²) in [6.07, 6.45) is 2.22. The summed E-state index contributed by atoms with van der Waals surface area (Å²) >= 11 is 0. The van der Waals surface area contributed by atoms with Crippen LogP contribution in [0.5, 0.6) is 0 Å². The van der Waals surface area contributed by atoms with Crippen molar-refractivity contribution in [2.75, 3.05) is 40.9 Å². The summed E-state index contributed by atoms with van der Waals surface area (Å²) in [6.45, 7) is 6.14. The molecule has 8 nitrogen and oxygen atoms in total. The summed E-state index contributed by atoms with van der Waals surface area (Å²) in [4.78, 5) is 23.2. The Balaban J connectivity index is 0. The minimum atomic E-state index is -4.28. The van der Waals surface area contributed by atoms with Gasteiger partial charge in [-0.3, -0.25) is 9.41 Å². The zero-order valence-electron chi connectivity index (χ0n) is 13.2. The van der Waals surface area contributed by atoms with Crippen molar-refractivity contribution in [2.24, 2.45) is 0 Å². The highest BCUT2D eigenvalue weighted by molar-refractivity contribution is 7.47. The Morgan fingerprint density at radius 1 is 1.38 bits per heavy atom. The van der Waals surface area contributed by atoms with Crippen LogP contribution < -0.4 is 0 Å². The summed E-state index contributed by atoms with van der Waals surface area (Å²) in [5, 5.41) is 8.39. The maximum Gasteiger partial charge on any atom is 0.508 e. The third-order valence-corrected chi connectivity index (χ3v) is 2.68. The van der Waals surface area contributed by atoms with Gasteiger partial charge >= 0.3 is 13.8 Å². The lowest BCUT2D eigenvalue weighted by molar-refractivity contribution is -0.870. The predicted molar refractivity (Wildman–Crippen MR) is 78.0 cm³/mol. The summed E-state index contributed by atoms with van der Waals surface area (Å²) in [6, 6.07) is 0. The maximum absolute atomic E-state index is 10.9. The number of phosphoric acid groups is 1. The third-order valence-electron chi connectivity index (χ3n) is 1.90. The van der Waals surface area contributed by atoms with Gasteiger partial charge in [-0.05, 0) is 6.42 Å². The zero-order valence-corrected chi connectivity index (χ0v) is 14.0. The van der Waals surface area contributed by atoms with Crippen molar-refractivity contribution in [2.45, 2.75) is 19.8 Å². The molecule has 0 bridgehead atoms. The molecule has 1 unspecified atom stereocenters. The SMILES string of the molecule is C=CC(=O)OOP(=O)(O)OCCCC.C[N+](C)(C)CCO. The van der Waals surface area contributed by atoms with Crippen molar-refractivity contribution in [3.63, 3.8) is 0 Å². The van der Waals surface area contributed by atoms with Gasteiger partial charge < -0.3 is 14.5 Å². The standard InChI is InChI=1S/C7H13O6P.C5H14NO/c1-3-5-6-11-14(9,10)13-12-7(8)4-2;1-6(2,3)4-5-7/h4H,2-3,5-6H2,1H3,(H,9,10);7H,4-5H2,1-3H3/q;+1. The van der Waals surface area contributed by atoms with E-state index in [1.165, 1.54) is 0 Å². The van der Waals surface area contributed by atoms with E-state index < -0.39 is 13.8 Å². The Bertz CT molecular complexity index is 341. The molecule has 21 heavy (non-hydrogen) atoms. The lowest BCUT2D eigenvalue weighted by atomic mass is 10.4. The van der Waals surface area contributed by atoms with Crippen LogP contribution in [0.2, 0.25) is 0 Å². The minimum Gasteiger partial charge on any atom is -0.391 e. The fraction of sp³-hybridized carbons (Fsp3) is 0.750. The number of unbranched alkanes of at least 4 members (excludes halogenated alkanes) is 1. The molecule has 0 amide bonds. The summed E-state index contributed by atoms with van der Waals surface area (Å²) in [5.41, 5.74) is 0. The first-order valence-electron chi connectivity index (χ1n) is 6.49. The lowest BCUT2D eigenvalue weighted by Crippen LogP contribution is -2.36. The second-order valence-electron chi connectivity index (χ2n) is 5.07. The smallest absolute Gasteiger partial charge is 0.391 e. The molecule has 126 valence electrons. The maximum atomic E-state index is 10.9. The molecule has 0 radical (unpaired) electrons. The van der Waals surface area contributed by atoms with E-state index in [0.29, 0.717) is 6.42 Å². The summed E-state index contributed by atoms with van der Waals surface area (Å²) < 4.78 is 20.1. The van der Waals surface area contributed by atoms with Crippen LogP contribution in [0.4, 0.5) is 0 Å². The number of aliphatic hydroxyl groups is 1. The van der Waals surface area contributed by atoms with Gasteiger partial charge in [0, 0.05) is 6.08 Å². The average molecular weight is 328 g/mol. The molecule has 0 aromatic rings. The Kier molecular flexibility index (Phi) is 12.7. The molecule has 0 heterocycles. The number of hydrogen-bond acceptors (Lipinski definition) is 6. The van der Waals surface area contributed by atoms with Crippen molar-refractivity contribution in [1.29, 1.82) is 0 Å². The van der Waals surface area contributed by atoms with Crippen LogP contribution in [-0.2, 0) is 23.4 Å². The summed E-state index contributed by atoms with van der Waals surface area (Å²) in [7, 11) is 1.88. The second-order valence-corrected chi connectivity index (χ2v) is 6.42. The van der Waals surface area contributed by atoms with E-state index in [-0.39, 0.29) is 13.2 Å². The highest BCUT2D eigenvalue weighted by atomic mass is 31.2. The molecule has 0 aromatic heterocycles. The second kappa shape index (κ2) is 11.9. The van der Waals surface area contributed by atoms with E-state index in [0.717, 1.165) is 23.5 Å². The molecule has 9 heteroatoms. The molecule has 2 N–H and O–H groups in total. The van der Waals surface area contributed by atoms with Crippen LogP contribution in [0.25, 0.3) is 0 Å². The Morgan fingerprint density at radius 3 is 2.29 bits per heavy atom. The number of phosphoric ester groups is 1. The Labute approximate surface area is 126 Å². The first kappa shape index (κ1) is 22.5. The van der Waals surface area contributed by atoms with Crippen LogP contribution in [0.3, 0.4) is 0 Å². The number of likely N-dealkylation sites (N-methyl/N-ethyl adjacent to an activating group) is 1. The topological polar surface area (TPSA) is 102 Å². The largest absolute Gasteiger partial charge is 0.508 e. The van der Waals surface area contributed by atoms with E-state index >= 15 is 0 Å². The number of aliphatic hydroxyl groups excluding tert-OH is 1. The van der Waals surface area contributed by atoms with E-state index in [4.69, 9.17) is 10.00 Å². The summed E-state index contributed by atoms with van der Waals surface area (Å²) in [5.74, 6) is -0.960. The molecule has 0 aliphatic carbocycles. The molecule has 0 fully saturated rings. The van der Waals surface area contributed by atoms with Crippen molar-refractivity contribution >= 4 is 13.8 Å². The van der Waals surface area contributed by atoms with Gasteiger partial charge in [0.15, 0.2) is 0 Å². The van der Waals surface area contributed by atoms with E-state index in [9.17, 15) is 9.36 Å². The molecule has 0 aliphatic rings. The first-order chi connectivity index (χ1) is 9.58. The van der Waals surface area contributed by atoms with Gasteiger partial charge in [0.05, 0.1) is 34.4 Å². The molecule has 0 spiro atoms. The van der Waals surface area contributed by atoms with E-state index in [2.05, 4.69) is 41.8 Å². The molecule has 0 aliphatic heterocycles. The molecule has 0 rings (SSSR count). The van der Waals surface area contributed by atoms with E-state index in [1.807, 2.05) is 6.92 Å². The van der Waals surface area contributed by atoms with Gasteiger partial charge in [-0.2, -0.15) is 0 Å². The molecular formula is C12H27NO7P+. The average Bonchev–Trinajstić information content (AvgIpc) is 2.35. The quantitative estimate of drug-likeness (QED) is 0.164. The molecule has 0 saturated carbocycles. The van der Waals surface area contributed by atoms with Crippen LogP contribution in [0.15, 0.2) is 12.7 Å². The van der Waals surface area contributed by atoms with E-state index in [1.54, 1.807) is 0 Å². The molecule has 1 atom stereocenters. The lowest BCUT2D eigenvalue weighted by Gasteiger charge is -2.21. The fourth-order valence-corrected chi connectivity index (χ4v) is 1.33. The Hall–Kier alpha value is -0.760. The number of carbonyl (C=O) groups is 1. The molecular weight excluding hydrogens is 301 g/mol. The van der Waals surface area contributed by atoms with Crippen molar-refractivity contribution in [3.05, 3.63) is 12.7 Å². The highest BCUT2D eigenvalue weighted by Crippen LogP contribution is 2.43. The van der Waals surface area contributed by atoms with Gasteiger partial charge in [0.25, 0.3) is 0 Å². The van der Waals surface area contributed by atoms with Crippen molar-refractivity contribution in [1.82, 2.24) is 0 Å². The number of carbonyl (C=O) groups excluding carboxylic acids is 1. The fourth-order valence-electron chi connectivity index (χ4n) is 0.764. The molecule has 0 aromatic carbocycles. The van der Waals surface area contributed by atoms with Gasteiger partial charge in [0.1, 0.15) is 6.54 Å². The number of nitrogens with zero attached hydrogens (tertiary/aromatic N) is 1. The number of hydrogen-bond donors (Lipinski definition) is 2. The predicted octanol–water partition coefficient (Wildman–Crippen LogP) is 1.25.